The molecule has 6 heteroatoms. The third-order valence-corrected chi connectivity index (χ3v) is 5.01. The van der Waals surface area contributed by atoms with Crippen LogP contribution in [-0.4, -0.2) is 52.6 Å². The van der Waals surface area contributed by atoms with Crippen LogP contribution in [0.15, 0.2) is 36.7 Å². The predicted octanol–water partition coefficient (Wildman–Crippen LogP) is 1.96. The van der Waals surface area contributed by atoms with Gasteiger partial charge in [-0.1, -0.05) is 6.07 Å². The molecule has 2 aliphatic heterocycles. The van der Waals surface area contributed by atoms with Crippen LogP contribution in [0.5, 0.6) is 0 Å². The van der Waals surface area contributed by atoms with Crippen LogP contribution in [0.1, 0.15) is 17.8 Å². The second kappa shape index (κ2) is 8.08. The van der Waals surface area contributed by atoms with Crippen molar-refractivity contribution in [2.45, 2.75) is 26.1 Å². The number of hydrogen-bond acceptors (Lipinski definition) is 5. The van der Waals surface area contributed by atoms with Crippen molar-refractivity contribution >= 4 is 0 Å². The van der Waals surface area contributed by atoms with E-state index in [1.807, 2.05) is 30.6 Å². The maximum atomic E-state index is 5.97. The molecule has 0 amide bonds. The van der Waals surface area contributed by atoms with Gasteiger partial charge in [0.15, 0.2) is 0 Å². The summed E-state index contributed by atoms with van der Waals surface area (Å²) in [5.74, 6) is 1.09. The van der Waals surface area contributed by atoms with Gasteiger partial charge in [0.05, 0.1) is 31.2 Å². The summed E-state index contributed by atoms with van der Waals surface area (Å²) in [7, 11) is 0. The van der Waals surface area contributed by atoms with Crippen LogP contribution < -0.4 is 0 Å². The van der Waals surface area contributed by atoms with E-state index in [2.05, 4.69) is 25.7 Å². The predicted molar refractivity (Wildman–Crippen MR) is 93.8 cm³/mol. The Balaban J connectivity index is 1.36. The number of aromatic nitrogens is 3. The molecule has 0 N–H and O–H groups in total. The fourth-order valence-corrected chi connectivity index (χ4v) is 3.77. The number of hydrogen-bond donors (Lipinski definition) is 0. The molecule has 0 unspecified atom stereocenters. The number of ether oxygens (including phenoxy) is 2. The minimum absolute atomic E-state index is 0.437. The number of fused-ring (bicyclic) bond motifs is 1. The lowest BCUT2D eigenvalue weighted by molar-refractivity contribution is 0.0619. The molecule has 6 nitrogen and oxygen atoms in total. The number of rotatable bonds is 6. The van der Waals surface area contributed by atoms with Crippen LogP contribution in [0.3, 0.4) is 0 Å². The average Bonchev–Trinajstić information content (AvgIpc) is 3.25. The lowest BCUT2D eigenvalue weighted by Gasteiger charge is -2.26. The van der Waals surface area contributed by atoms with Crippen molar-refractivity contribution < 1.29 is 9.47 Å². The fraction of sp³-hybridized carbons (Fsp3) is 0.579. The van der Waals surface area contributed by atoms with Crippen LogP contribution in [0.25, 0.3) is 0 Å². The van der Waals surface area contributed by atoms with Gasteiger partial charge in [0, 0.05) is 51.1 Å². The van der Waals surface area contributed by atoms with E-state index in [1.165, 1.54) is 12.1 Å². The molecule has 0 bridgehead atoms. The molecule has 2 atom stereocenters. The number of pyridine rings is 1. The van der Waals surface area contributed by atoms with Crippen molar-refractivity contribution in [2.24, 2.45) is 11.8 Å². The van der Waals surface area contributed by atoms with E-state index in [-0.39, 0.29) is 0 Å². The van der Waals surface area contributed by atoms with Crippen LogP contribution in [0.2, 0.25) is 0 Å². The smallest absolute Gasteiger partial charge is 0.0887 e. The Morgan fingerprint density at radius 1 is 1.16 bits per heavy atom. The Morgan fingerprint density at radius 3 is 3.00 bits per heavy atom. The van der Waals surface area contributed by atoms with Gasteiger partial charge in [-0.2, -0.15) is 5.10 Å². The minimum atomic E-state index is 0.437. The SMILES string of the molecule is c1ccc(COC[C@@H]2CN(C[C@@H]3CCOC3)Cc3ccnn3C2)nc1. The highest BCUT2D eigenvalue weighted by molar-refractivity contribution is 5.03. The van der Waals surface area contributed by atoms with Crippen molar-refractivity contribution in [1.82, 2.24) is 19.7 Å². The second-order valence-electron chi connectivity index (χ2n) is 7.13. The lowest BCUT2D eigenvalue weighted by atomic mass is 10.1. The van der Waals surface area contributed by atoms with Crippen molar-refractivity contribution in [3.05, 3.63) is 48.0 Å². The zero-order valence-corrected chi connectivity index (χ0v) is 14.6. The monoisotopic (exact) mass is 342 g/mol. The zero-order chi connectivity index (χ0) is 16.9. The van der Waals surface area contributed by atoms with E-state index in [4.69, 9.17) is 9.47 Å². The molecule has 25 heavy (non-hydrogen) atoms. The molecule has 0 spiro atoms. The normalized spacial score (nSPS) is 24.2. The largest absolute Gasteiger partial charge is 0.381 e. The van der Waals surface area contributed by atoms with Gasteiger partial charge in [-0.05, 0) is 30.5 Å². The first-order chi connectivity index (χ1) is 12.4. The zero-order valence-electron chi connectivity index (χ0n) is 14.6. The van der Waals surface area contributed by atoms with E-state index >= 15 is 0 Å². The van der Waals surface area contributed by atoms with E-state index < -0.39 is 0 Å². The van der Waals surface area contributed by atoms with E-state index in [9.17, 15) is 0 Å². The summed E-state index contributed by atoms with van der Waals surface area (Å²) in [4.78, 5) is 6.87. The van der Waals surface area contributed by atoms with Crippen LogP contribution in [0, 0.1) is 11.8 Å². The van der Waals surface area contributed by atoms with Gasteiger partial charge in [0.25, 0.3) is 0 Å². The average molecular weight is 342 g/mol. The number of nitrogens with zero attached hydrogens (tertiary/aromatic N) is 4. The highest BCUT2D eigenvalue weighted by Crippen LogP contribution is 2.20. The third-order valence-electron chi connectivity index (χ3n) is 5.01. The summed E-state index contributed by atoms with van der Waals surface area (Å²) in [5.41, 5.74) is 2.28. The first-order valence-electron chi connectivity index (χ1n) is 9.15. The molecule has 2 aromatic heterocycles. The van der Waals surface area contributed by atoms with Gasteiger partial charge in [-0.15, -0.1) is 0 Å². The van der Waals surface area contributed by atoms with Crippen molar-refractivity contribution in [2.75, 3.05) is 32.9 Å². The first kappa shape index (κ1) is 16.7. The van der Waals surface area contributed by atoms with Crippen LogP contribution >= 0.6 is 0 Å². The molecule has 4 rings (SSSR count). The van der Waals surface area contributed by atoms with Gasteiger partial charge >= 0.3 is 0 Å². The highest BCUT2D eigenvalue weighted by Gasteiger charge is 2.26. The summed E-state index contributed by atoms with van der Waals surface area (Å²) < 4.78 is 13.7. The molecule has 0 aromatic carbocycles. The summed E-state index contributed by atoms with van der Waals surface area (Å²) in [6, 6.07) is 8.07. The Bertz CT molecular complexity index is 654. The summed E-state index contributed by atoms with van der Waals surface area (Å²) >= 11 is 0. The first-order valence-corrected chi connectivity index (χ1v) is 9.15. The molecule has 1 fully saturated rings. The molecular formula is C19H26N4O2. The maximum Gasteiger partial charge on any atom is 0.0887 e. The molecule has 134 valence electrons. The molecule has 2 aliphatic rings. The van der Waals surface area contributed by atoms with E-state index in [0.29, 0.717) is 18.4 Å². The van der Waals surface area contributed by atoms with E-state index in [1.54, 1.807) is 0 Å². The van der Waals surface area contributed by atoms with Gasteiger partial charge in [-0.25, -0.2) is 0 Å². The van der Waals surface area contributed by atoms with Crippen LogP contribution in [0.4, 0.5) is 0 Å². The van der Waals surface area contributed by atoms with Crippen LogP contribution in [-0.2, 0) is 29.2 Å². The summed E-state index contributed by atoms with van der Waals surface area (Å²) in [6.45, 7) is 7.14. The molecule has 0 radical (unpaired) electrons. The Kier molecular flexibility index (Phi) is 5.40. The molecule has 0 saturated carbocycles. The van der Waals surface area contributed by atoms with Crippen molar-refractivity contribution in [3.8, 4) is 0 Å². The Hall–Kier alpha value is -1.76. The molecule has 1 saturated heterocycles. The van der Waals surface area contributed by atoms with Gasteiger partial charge < -0.3 is 9.47 Å². The quantitative estimate of drug-likeness (QED) is 0.803. The molecule has 4 heterocycles. The van der Waals surface area contributed by atoms with Crippen molar-refractivity contribution in [3.63, 3.8) is 0 Å². The Labute approximate surface area is 148 Å². The summed E-state index contributed by atoms with van der Waals surface area (Å²) in [6.07, 6.45) is 4.89. The highest BCUT2D eigenvalue weighted by atomic mass is 16.5. The fourth-order valence-electron chi connectivity index (χ4n) is 3.77. The van der Waals surface area contributed by atoms with Gasteiger partial charge in [0.1, 0.15) is 0 Å². The van der Waals surface area contributed by atoms with Gasteiger partial charge in [-0.3, -0.25) is 14.6 Å². The standard InChI is InChI=1S/C19H26N4O2/c1-2-6-20-18(3-1)15-25-14-17-10-22(9-16-5-8-24-13-16)12-19-4-7-21-23(19)11-17/h1-4,6-7,16-17H,5,8-15H2/t16-,17+/m0/s1. The third kappa shape index (κ3) is 4.45. The topological polar surface area (TPSA) is 52.4 Å². The lowest BCUT2D eigenvalue weighted by Crippen LogP contribution is -2.34. The molecule has 0 aliphatic carbocycles. The summed E-state index contributed by atoms with van der Waals surface area (Å²) in [5, 5.41) is 4.50. The van der Waals surface area contributed by atoms with Gasteiger partial charge in [0.2, 0.25) is 0 Å². The Morgan fingerprint density at radius 2 is 2.16 bits per heavy atom. The molecule has 2 aromatic rings. The van der Waals surface area contributed by atoms with E-state index in [0.717, 1.165) is 51.7 Å². The molecular weight excluding hydrogens is 316 g/mol. The second-order valence-corrected chi connectivity index (χ2v) is 7.13. The maximum absolute atomic E-state index is 5.97. The minimum Gasteiger partial charge on any atom is -0.381 e. The van der Waals surface area contributed by atoms with Crippen molar-refractivity contribution in [1.29, 1.82) is 0 Å².